The number of aromatic nitrogens is 2. The average Bonchev–Trinajstić information content (AvgIpc) is 3.18. The molecule has 0 fully saturated rings. The van der Waals surface area contributed by atoms with Gasteiger partial charge in [0.05, 0.1) is 23.4 Å². The van der Waals surface area contributed by atoms with E-state index in [1.807, 2.05) is 54.1 Å². The van der Waals surface area contributed by atoms with Gasteiger partial charge >= 0.3 is 29.6 Å². The van der Waals surface area contributed by atoms with Crippen LogP contribution in [0.5, 0.6) is 5.75 Å². The Morgan fingerprint density at radius 3 is 2.38 bits per heavy atom. The monoisotopic (exact) mass is 526 g/mol. The summed E-state index contributed by atoms with van der Waals surface area (Å²) in [6.45, 7) is 4.30. The Morgan fingerprint density at radius 2 is 1.70 bits per heavy atom. The first-order valence-electron chi connectivity index (χ1n) is 11.4. The van der Waals surface area contributed by atoms with Crippen molar-refractivity contribution in [3.63, 3.8) is 0 Å². The van der Waals surface area contributed by atoms with Crippen molar-refractivity contribution < 1.29 is 47.5 Å². The molecule has 0 aliphatic heterocycles. The molecule has 3 aromatic carbocycles. The molecule has 1 N–H and O–H groups in total. The third-order valence-corrected chi connectivity index (χ3v) is 7.02. The number of amides is 2. The molecule has 8 nitrogen and oxygen atoms in total. The maximum Gasteiger partial charge on any atom is 1.00 e. The summed E-state index contributed by atoms with van der Waals surface area (Å²) in [5.41, 5.74) is 6.18. The standard InChI is InChI=1S/C27H28N4O4S.Na/c1-19-26(22-8-5-4-6-9-22)20(2)31(29-19)23-14-12-21(13-15-23)16-17-28-27(32)30-36(33,34)25-11-7-10-24(18-25)35-3;/h4-15,18H,16-17H2,1-3H3,(H2,28,30,32);/q;+1/p-1. The molecule has 0 aliphatic rings. The minimum absolute atomic E-state index is 0. The molecule has 37 heavy (non-hydrogen) atoms. The molecule has 10 heteroatoms. The number of benzene rings is 3. The van der Waals surface area contributed by atoms with E-state index in [1.54, 1.807) is 6.07 Å². The van der Waals surface area contributed by atoms with Gasteiger partial charge in [0.1, 0.15) is 5.75 Å². The Hall–Kier alpha value is -3.11. The van der Waals surface area contributed by atoms with Crippen LogP contribution in [-0.2, 0) is 16.4 Å². The topological polar surface area (TPSA) is 104 Å². The van der Waals surface area contributed by atoms with Gasteiger partial charge in [0.2, 0.25) is 10.0 Å². The van der Waals surface area contributed by atoms with E-state index in [0.29, 0.717) is 12.2 Å². The number of hydrogen-bond donors (Lipinski definition) is 1. The number of nitrogens with one attached hydrogen (secondary N) is 1. The van der Waals surface area contributed by atoms with E-state index in [4.69, 9.17) is 9.84 Å². The van der Waals surface area contributed by atoms with E-state index < -0.39 is 16.1 Å². The van der Waals surface area contributed by atoms with Gasteiger partial charge < -0.3 is 14.8 Å². The smallest absolute Gasteiger partial charge is 0.497 e. The number of ether oxygens (including phenoxy) is 1. The number of rotatable bonds is 8. The number of hydrogen-bond acceptors (Lipinski definition) is 5. The predicted octanol–water partition coefficient (Wildman–Crippen LogP) is 2.18. The minimum Gasteiger partial charge on any atom is -0.497 e. The summed E-state index contributed by atoms with van der Waals surface area (Å²) in [5.74, 6) is 0.367. The predicted molar refractivity (Wildman–Crippen MR) is 139 cm³/mol. The van der Waals surface area contributed by atoms with Gasteiger partial charge in [-0.1, -0.05) is 48.5 Å². The Kier molecular flexibility index (Phi) is 9.56. The van der Waals surface area contributed by atoms with Gasteiger partial charge in [0.15, 0.2) is 6.03 Å². The molecule has 4 rings (SSSR count). The molecule has 0 unspecified atom stereocenters. The van der Waals surface area contributed by atoms with Gasteiger partial charge in [-0.15, -0.1) is 0 Å². The fourth-order valence-electron chi connectivity index (χ4n) is 3.99. The van der Waals surface area contributed by atoms with Crippen molar-refractivity contribution >= 4 is 16.1 Å². The van der Waals surface area contributed by atoms with Crippen LogP contribution in [-0.4, -0.2) is 37.9 Å². The maximum absolute atomic E-state index is 12.4. The number of urea groups is 1. The average molecular weight is 527 g/mol. The third-order valence-electron chi connectivity index (χ3n) is 5.77. The number of sulfonamides is 1. The van der Waals surface area contributed by atoms with E-state index in [1.165, 1.54) is 25.3 Å². The second-order valence-electron chi connectivity index (χ2n) is 8.22. The van der Waals surface area contributed by atoms with Crippen molar-refractivity contribution in [2.24, 2.45) is 0 Å². The summed E-state index contributed by atoms with van der Waals surface area (Å²) in [4.78, 5) is 12.0. The van der Waals surface area contributed by atoms with Gasteiger partial charge in [-0.25, -0.2) is 13.1 Å². The summed E-state index contributed by atoms with van der Waals surface area (Å²) in [7, 11) is -2.69. The van der Waals surface area contributed by atoms with Gasteiger partial charge in [-0.05, 0) is 68.3 Å². The molecule has 0 saturated carbocycles. The molecule has 0 atom stereocenters. The molecule has 1 aromatic heterocycles. The van der Waals surface area contributed by atoms with E-state index in [9.17, 15) is 13.2 Å². The van der Waals surface area contributed by atoms with E-state index in [2.05, 4.69) is 29.1 Å². The van der Waals surface area contributed by atoms with Crippen LogP contribution in [0.15, 0.2) is 83.8 Å². The molecule has 0 bridgehead atoms. The second-order valence-corrected chi connectivity index (χ2v) is 9.82. The fourth-order valence-corrected chi connectivity index (χ4v) is 4.89. The van der Waals surface area contributed by atoms with Gasteiger partial charge in [0.25, 0.3) is 0 Å². The van der Waals surface area contributed by atoms with Gasteiger partial charge in [0, 0.05) is 11.3 Å². The summed E-state index contributed by atoms with van der Waals surface area (Å²) in [6.07, 6.45) is 0.521. The number of methoxy groups -OCH3 is 1. The van der Waals surface area contributed by atoms with E-state index in [0.717, 1.165) is 33.8 Å². The van der Waals surface area contributed by atoms with Crippen LogP contribution in [0.25, 0.3) is 21.5 Å². The van der Waals surface area contributed by atoms with Gasteiger partial charge in [-0.3, -0.25) is 4.79 Å². The molecule has 0 saturated heterocycles. The molecule has 0 radical (unpaired) electrons. The first-order valence-corrected chi connectivity index (χ1v) is 12.8. The van der Waals surface area contributed by atoms with Crippen molar-refractivity contribution in [1.82, 2.24) is 15.1 Å². The number of carbonyl (C=O) groups excluding carboxylic acids is 1. The fraction of sp³-hybridized carbons (Fsp3) is 0.185. The molecule has 4 aromatic rings. The van der Waals surface area contributed by atoms with E-state index >= 15 is 0 Å². The quantitative estimate of drug-likeness (QED) is 0.355. The normalized spacial score (nSPS) is 10.9. The first kappa shape index (κ1) is 28.5. The van der Waals surface area contributed by atoms with Crippen LogP contribution in [0, 0.1) is 13.8 Å². The molecular formula is C27H27N4NaO4S. The molecule has 2 amide bonds. The van der Waals surface area contributed by atoms with Crippen molar-refractivity contribution in [1.29, 1.82) is 0 Å². The molecule has 1 heterocycles. The van der Waals surface area contributed by atoms with Gasteiger partial charge in [-0.2, -0.15) is 5.10 Å². The maximum atomic E-state index is 12.4. The van der Waals surface area contributed by atoms with Crippen molar-refractivity contribution in [2.75, 3.05) is 13.7 Å². The summed E-state index contributed by atoms with van der Waals surface area (Å²) < 4.78 is 35.0. The van der Waals surface area contributed by atoms with Crippen molar-refractivity contribution in [3.8, 4) is 22.6 Å². The van der Waals surface area contributed by atoms with Crippen LogP contribution < -0.4 is 39.6 Å². The molecule has 0 aliphatic carbocycles. The van der Waals surface area contributed by atoms with Crippen molar-refractivity contribution in [2.45, 2.75) is 25.2 Å². The Bertz CT molecular complexity index is 1470. The van der Waals surface area contributed by atoms with Crippen LogP contribution in [0.1, 0.15) is 17.0 Å². The number of aryl methyl sites for hydroxylation is 1. The molecular weight excluding hydrogens is 499 g/mol. The largest absolute Gasteiger partial charge is 1.00 e. The van der Waals surface area contributed by atoms with Crippen LogP contribution >= 0.6 is 0 Å². The molecule has 0 spiro atoms. The second kappa shape index (κ2) is 12.4. The number of nitrogens with zero attached hydrogens (tertiary/aromatic N) is 3. The Labute approximate surface area is 239 Å². The molecule has 186 valence electrons. The zero-order valence-electron chi connectivity index (χ0n) is 21.3. The number of carbonyl (C=O) groups is 1. The summed E-state index contributed by atoms with van der Waals surface area (Å²) >= 11 is 0. The zero-order valence-corrected chi connectivity index (χ0v) is 24.1. The van der Waals surface area contributed by atoms with E-state index in [-0.39, 0.29) is 41.0 Å². The summed E-state index contributed by atoms with van der Waals surface area (Å²) in [6, 6.07) is 23.0. The Morgan fingerprint density at radius 1 is 1.00 bits per heavy atom. The first-order chi connectivity index (χ1) is 17.3. The Balaban J connectivity index is 0.00000380. The summed E-state index contributed by atoms with van der Waals surface area (Å²) in [5, 5.41) is 7.26. The van der Waals surface area contributed by atoms with Crippen molar-refractivity contribution in [3.05, 3.63) is 101 Å². The van der Waals surface area contributed by atoms with Crippen LogP contribution in [0.2, 0.25) is 0 Å². The zero-order chi connectivity index (χ0) is 25.7. The third kappa shape index (κ3) is 6.81. The van der Waals surface area contributed by atoms with Crippen LogP contribution in [0.4, 0.5) is 4.79 Å². The van der Waals surface area contributed by atoms with Crippen LogP contribution in [0.3, 0.4) is 0 Å². The SMILES string of the molecule is COc1cccc(S(=O)(=O)[N-]C(=O)NCCc2ccc(-n3nc(C)c(-c4ccccc4)c3C)cc2)c1.[Na+]. The minimum atomic E-state index is -4.13.